The Morgan fingerprint density at radius 2 is 0.968 bits per heavy atom. The highest BCUT2D eigenvalue weighted by Crippen LogP contribution is 2.21. The third kappa shape index (κ3) is 8.39. The van der Waals surface area contributed by atoms with Crippen molar-refractivity contribution in [2.75, 3.05) is 0 Å². The van der Waals surface area contributed by atoms with Crippen LogP contribution in [0, 0.1) is 7.14 Å². The van der Waals surface area contributed by atoms with E-state index in [4.69, 9.17) is 0 Å². The lowest BCUT2D eigenvalue weighted by Gasteiger charge is -2.18. The van der Waals surface area contributed by atoms with E-state index >= 15 is 0 Å². The fourth-order valence-electron chi connectivity index (χ4n) is 2.74. The summed E-state index contributed by atoms with van der Waals surface area (Å²) < 4.78 is 33.8. The first kappa shape index (κ1) is 25.6. The van der Waals surface area contributed by atoms with Crippen LogP contribution in [0.5, 0.6) is 0 Å². The molecule has 166 valence electrons. The minimum absolute atomic E-state index is 0.0703. The summed E-state index contributed by atoms with van der Waals surface area (Å²) in [6, 6.07) is 25.6. The van der Waals surface area contributed by atoms with Gasteiger partial charge in [0.2, 0.25) is 0 Å². The maximum absolute atomic E-state index is 10.3. The third-order valence-electron chi connectivity index (χ3n) is 4.67. The molecule has 0 saturated heterocycles. The molecule has 0 bridgehead atoms. The average Bonchev–Trinajstić information content (AvgIpc) is 2.68. The molecule has 0 aliphatic carbocycles. The lowest BCUT2D eigenvalue weighted by atomic mass is 9.87. The van der Waals surface area contributed by atoms with Crippen molar-refractivity contribution < 1.29 is 34.2 Å². The van der Waals surface area contributed by atoms with Gasteiger partial charge in [-0.1, -0.05) is 84.0 Å². The second-order valence-electron chi connectivity index (χ2n) is 9.38. The van der Waals surface area contributed by atoms with E-state index in [1.54, 1.807) is 6.07 Å². The van der Waals surface area contributed by atoms with Gasteiger partial charge in [0.05, 0.1) is 4.90 Å². The minimum Gasteiger partial charge on any atom is -0.744 e. The normalized spacial score (nSPS) is 12.1. The summed E-state index contributed by atoms with van der Waals surface area (Å²) >= 11 is -0.0703. The van der Waals surface area contributed by atoms with Gasteiger partial charge in [0.1, 0.15) is 10.1 Å². The van der Waals surface area contributed by atoms with Gasteiger partial charge < -0.3 is 4.55 Å². The molecule has 3 aromatic rings. The third-order valence-corrected chi connectivity index (χ3v) is 8.20. The molecule has 0 aliphatic heterocycles. The van der Waals surface area contributed by atoms with Crippen molar-refractivity contribution >= 4 is 10.1 Å². The predicted octanol–water partition coefficient (Wildman–Crippen LogP) is 3.00. The standard InChI is InChI=1S/C20H26I.C6H6O3S/c1-19(2,3)15-7-11-17(12-8-15)21-18-13-9-16(10-14-18)20(4,5)6;7-10(8,9)6-4-2-1-3-5-6/h7-14H,1-6H3;1-5H,(H,7,8,9)/q+1;/p-1. The van der Waals surface area contributed by atoms with E-state index in [1.165, 1.54) is 42.5 Å². The summed E-state index contributed by atoms with van der Waals surface area (Å²) in [5, 5.41) is 0. The van der Waals surface area contributed by atoms with Crippen LogP contribution in [-0.2, 0) is 20.9 Å². The fraction of sp³-hybridized carbons (Fsp3) is 0.308. The molecule has 0 amide bonds. The summed E-state index contributed by atoms with van der Waals surface area (Å²) in [6.07, 6.45) is 0. The quantitative estimate of drug-likeness (QED) is 0.372. The molecule has 0 N–H and O–H groups in total. The van der Waals surface area contributed by atoms with Crippen molar-refractivity contribution in [3.63, 3.8) is 0 Å². The monoisotopic (exact) mass is 550 g/mol. The number of hydrogen-bond donors (Lipinski definition) is 0. The van der Waals surface area contributed by atoms with Gasteiger partial charge in [0.15, 0.2) is 7.14 Å². The molecule has 0 spiro atoms. The maximum atomic E-state index is 10.3. The van der Waals surface area contributed by atoms with Crippen molar-refractivity contribution in [2.24, 2.45) is 0 Å². The zero-order valence-corrected chi connectivity index (χ0v) is 22.0. The van der Waals surface area contributed by atoms with Gasteiger partial charge in [0, 0.05) is 0 Å². The van der Waals surface area contributed by atoms with Crippen LogP contribution in [0.25, 0.3) is 0 Å². The maximum Gasteiger partial charge on any atom is 0.357 e. The highest BCUT2D eigenvalue weighted by Gasteiger charge is 2.20. The molecular weight excluding hydrogens is 519 g/mol. The Morgan fingerprint density at radius 3 is 1.23 bits per heavy atom. The highest BCUT2D eigenvalue weighted by molar-refractivity contribution is 7.85. The van der Waals surface area contributed by atoms with Crippen LogP contribution in [0.2, 0.25) is 0 Å². The average molecular weight is 551 g/mol. The summed E-state index contributed by atoms with van der Waals surface area (Å²) in [5.41, 5.74) is 3.31. The highest BCUT2D eigenvalue weighted by atomic mass is 127. The SMILES string of the molecule is CC(C)(C)c1ccc([I+]c2ccc(C(C)(C)C)cc2)cc1.O=S(=O)([O-])c1ccccc1. The van der Waals surface area contributed by atoms with Crippen LogP contribution in [0.4, 0.5) is 0 Å². The van der Waals surface area contributed by atoms with Gasteiger partial charge in [-0.2, -0.15) is 0 Å². The first-order chi connectivity index (χ1) is 14.3. The van der Waals surface area contributed by atoms with Crippen LogP contribution in [0.3, 0.4) is 0 Å². The first-order valence-electron chi connectivity index (χ1n) is 10.1. The van der Waals surface area contributed by atoms with Gasteiger partial charge in [-0.05, 0) is 58.4 Å². The largest absolute Gasteiger partial charge is 0.744 e. The summed E-state index contributed by atoms with van der Waals surface area (Å²) in [6.45, 7) is 13.6. The van der Waals surface area contributed by atoms with Crippen molar-refractivity contribution in [1.29, 1.82) is 0 Å². The molecule has 0 atom stereocenters. The van der Waals surface area contributed by atoms with Crippen molar-refractivity contribution in [3.8, 4) is 0 Å². The molecule has 0 heterocycles. The Balaban J connectivity index is 0.000000285. The topological polar surface area (TPSA) is 57.2 Å². The molecule has 0 fully saturated rings. The minimum atomic E-state index is -4.25. The van der Waals surface area contributed by atoms with Crippen LogP contribution in [0.15, 0.2) is 83.8 Å². The Bertz CT molecular complexity index is 1000. The van der Waals surface area contributed by atoms with Crippen LogP contribution in [-0.4, -0.2) is 13.0 Å². The molecule has 31 heavy (non-hydrogen) atoms. The molecule has 0 aliphatic rings. The van der Waals surface area contributed by atoms with E-state index in [1.807, 2.05) is 0 Å². The van der Waals surface area contributed by atoms with Gasteiger partial charge in [-0.3, -0.25) is 0 Å². The Hall–Kier alpha value is -1.70. The van der Waals surface area contributed by atoms with E-state index in [-0.39, 0.29) is 36.9 Å². The van der Waals surface area contributed by atoms with E-state index in [0.29, 0.717) is 0 Å². The van der Waals surface area contributed by atoms with Crippen LogP contribution >= 0.6 is 0 Å². The number of halogens is 1. The van der Waals surface area contributed by atoms with Crippen molar-refractivity contribution in [3.05, 3.63) is 97.1 Å². The second kappa shape index (κ2) is 10.3. The lowest BCUT2D eigenvalue weighted by molar-refractivity contribution is -0.597. The smallest absolute Gasteiger partial charge is 0.357 e. The van der Waals surface area contributed by atoms with Gasteiger partial charge in [0.25, 0.3) is 0 Å². The van der Waals surface area contributed by atoms with E-state index in [0.717, 1.165) is 0 Å². The summed E-state index contributed by atoms with van der Waals surface area (Å²) in [4.78, 5) is -0.185. The molecular formula is C26H31IO3S. The molecule has 3 nitrogen and oxygen atoms in total. The molecule has 0 radical (unpaired) electrons. The van der Waals surface area contributed by atoms with Crippen molar-refractivity contribution in [1.82, 2.24) is 0 Å². The van der Waals surface area contributed by atoms with Gasteiger partial charge in [-0.15, -0.1) is 0 Å². The number of rotatable bonds is 3. The predicted molar refractivity (Wildman–Crippen MR) is 122 cm³/mol. The zero-order chi connectivity index (χ0) is 23.3. The van der Waals surface area contributed by atoms with Crippen LogP contribution < -0.4 is 21.2 Å². The van der Waals surface area contributed by atoms with Gasteiger partial charge >= 0.3 is 21.2 Å². The van der Waals surface area contributed by atoms with Gasteiger partial charge in [-0.25, -0.2) is 8.42 Å². The number of hydrogen-bond acceptors (Lipinski definition) is 3. The zero-order valence-electron chi connectivity index (χ0n) is 19.0. The fourth-order valence-corrected chi connectivity index (χ4v) is 5.39. The lowest BCUT2D eigenvalue weighted by Crippen LogP contribution is -3.61. The van der Waals surface area contributed by atoms with Crippen LogP contribution in [0.1, 0.15) is 52.7 Å². The summed E-state index contributed by atoms with van der Waals surface area (Å²) in [7, 11) is -4.25. The Kier molecular flexibility index (Phi) is 8.47. The number of benzene rings is 3. The molecule has 5 heteroatoms. The first-order valence-corrected chi connectivity index (χ1v) is 13.7. The molecule has 3 aromatic carbocycles. The summed E-state index contributed by atoms with van der Waals surface area (Å²) in [5.74, 6) is 0. The second-order valence-corrected chi connectivity index (χ2v) is 13.8. The molecule has 3 rings (SSSR count). The van der Waals surface area contributed by atoms with Crippen molar-refractivity contribution in [2.45, 2.75) is 57.3 Å². The Labute approximate surface area is 197 Å². The molecule has 0 unspecified atom stereocenters. The van der Waals surface area contributed by atoms with E-state index < -0.39 is 10.1 Å². The van der Waals surface area contributed by atoms with E-state index in [9.17, 15) is 13.0 Å². The van der Waals surface area contributed by atoms with E-state index in [2.05, 4.69) is 90.1 Å². The molecule has 0 saturated carbocycles. The molecule has 0 aromatic heterocycles. The Morgan fingerprint density at radius 1 is 0.613 bits per heavy atom.